The smallest absolute Gasteiger partial charge is 0.320 e. The first-order valence-electron chi connectivity index (χ1n) is 5.99. The van der Waals surface area contributed by atoms with Gasteiger partial charge in [0.1, 0.15) is 0 Å². The highest BCUT2D eigenvalue weighted by Gasteiger charge is 2.30. The van der Waals surface area contributed by atoms with Crippen LogP contribution in [0.25, 0.3) is 0 Å². The number of hydrogen-bond acceptors (Lipinski definition) is 3. The number of halogens is 3. The molecule has 116 valence electrons. The lowest BCUT2D eigenvalue weighted by Gasteiger charge is -2.18. The highest BCUT2D eigenvalue weighted by Crippen LogP contribution is 2.22. The summed E-state index contributed by atoms with van der Waals surface area (Å²) in [5.41, 5.74) is 5.66. The largest absolute Gasteiger partial charge is 0.390 e. The van der Waals surface area contributed by atoms with E-state index >= 15 is 0 Å². The molecule has 21 heavy (non-hydrogen) atoms. The monoisotopic (exact) mass is 320 g/mol. The minimum atomic E-state index is -4.40. The standard InChI is InChI=1S/C13H15F3N2O2S/c1-18(9-7-13(14,15)16)21(19,20)12-6-2-4-11(10-12)5-3-8-17/h2,4,6,10H,7-9,17H2,1H3. The van der Waals surface area contributed by atoms with Gasteiger partial charge < -0.3 is 5.73 Å². The predicted octanol–water partition coefficient (Wildman–Crippen LogP) is 1.57. The fourth-order valence-corrected chi connectivity index (χ4v) is 2.69. The van der Waals surface area contributed by atoms with E-state index in [-0.39, 0.29) is 11.4 Å². The van der Waals surface area contributed by atoms with E-state index in [0.717, 1.165) is 7.05 Å². The molecule has 0 aromatic heterocycles. The van der Waals surface area contributed by atoms with Crippen molar-refractivity contribution in [2.75, 3.05) is 20.1 Å². The highest BCUT2D eigenvalue weighted by atomic mass is 32.2. The Kier molecular flexibility index (Phi) is 5.78. The topological polar surface area (TPSA) is 63.4 Å². The summed E-state index contributed by atoms with van der Waals surface area (Å²) in [5.74, 6) is 5.25. The van der Waals surface area contributed by atoms with E-state index in [1.165, 1.54) is 18.2 Å². The average molecular weight is 320 g/mol. The van der Waals surface area contributed by atoms with Crippen LogP contribution in [-0.4, -0.2) is 39.0 Å². The van der Waals surface area contributed by atoms with E-state index in [4.69, 9.17) is 5.73 Å². The Bertz CT molecular complexity index is 645. The first kappa shape index (κ1) is 17.5. The van der Waals surface area contributed by atoms with Crippen LogP contribution < -0.4 is 5.73 Å². The third-order valence-electron chi connectivity index (χ3n) is 2.59. The summed E-state index contributed by atoms with van der Waals surface area (Å²) >= 11 is 0. The maximum atomic E-state index is 12.2. The van der Waals surface area contributed by atoms with E-state index in [2.05, 4.69) is 11.8 Å². The second kappa shape index (κ2) is 6.93. The fourth-order valence-electron chi connectivity index (χ4n) is 1.47. The van der Waals surface area contributed by atoms with Crippen LogP contribution in [-0.2, 0) is 10.0 Å². The van der Waals surface area contributed by atoms with Crippen molar-refractivity contribution in [3.8, 4) is 11.8 Å². The van der Waals surface area contributed by atoms with Crippen molar-refractivity contribution >= 4 is 10.0 Å². The maximum Gasteiger partial charge on any atom is 0.390 e. The van der Waals surface area contributed by atoms with E-state index < -0.39 is 29.2 Å². The van der Waals surface area contributed by atoms with Crippen molar-refractivity contribution in [2.45, 2.75) is 17.5 Å². The lowest BCUT2D eigenvalue weighted by atomic mass is 10.2. The molecule has 0 saturated heterocycles. The third kappa shape index (κ3) is 5.38. The Morgan fingerprint density at radius 1 is 1.33 bits per heavy atom. The summed E-state index contributed by atoms with van der Waals surface area (Å²) in [6, 6.07) is 5.69. The highest BCUT2D eigenvalue weighted by molar-refractivity contribution is 7.89. The minimum Gasteiger partial charge on any atom is -0.320 e. The zero-order chi connectivity index (χ0) is 16.1. The molecule has 0 saturated carbocycles. The van der Waals surface area contributed by atoms with Gasteiger partial charge in [-0.3, -0.25) is 0 Å². The normalized spacial score (nSPS) is 12.1. The van der Waals surface area contributed by atoms with Crippen LogP contribution >= 0.6 is 0 Å². The van der Waals surface area contributed by atoms with Gasteiger partial charge in [0.05, 0.1) is 17.9 Å². The van der Waals surface area contributed by atoms with Gasteiger partial charge in [0.25, 0.3) is 0 Å². The Morgan fingerprint density at radius 2 is 2.00 bits per heavy atom. The summed E-state index contributed by atoms with van der Waals surface area (Å²) in [4.78, 5) is -0.101. The molecule has 1 rings (SSSR count). The first-order chi connectivity index (χ1) is 9.66. The number of nitrogens with two attached hydrogens (primary N) is 1. The first-order valence-corrected chi connectivity index (χ1v) is 7.43. The van der Waals surface area contributed by atoms with E-state index in [1.807, 2.05) is 0 Å². The van der Waals surface area contributed by atoms with E-state index in [1.54, 1.807) is 6.07 Å². The van der Waals surface area contributed by atoms with Crippen molar-refractivity contribution in [2.24, 2.45) is 5.73 Å². The molecule has 0 atom stereocenters. The van der Waals surface area contributed by atoms with Gasteiger partial charge >= 0.3 is 6.18 Å². The SMILES string of the molecule is CN(CCC(F)(F)F)S(=O)(=O)c1cccc(C#CCN)c1. The second-order valence-electron chi connectivity index (χ2n) is 4.23. The Hall–Kier alpha value is -1.56. The van der Waals surface area contributed by atoms with Crippen LogP contribution in [0.3, 0.4) is 0 Å². The molecule has 1 aromatic rings. The second-order valence-corrected chi connectivity index (χ2v) is 6.27. The van der Waals surface area contributed by atoms with Crippen molar-refractivity contribution in [3.63, 3.8) is 0 Å². The number of rotatable bonds is 4. The van der Waals surface area contributed by atoms with Crippen LogP contribution in [0.2, 0.25) is 0 Å². The van der Waals surface area contributed by atoms with Crippen molar-refractivity contribution < 1.29 is 21.6 Å². The van der Waals surface area contributed by atoms with Crippen LogP contribution in [0.15, 0.2) is 29.2 Å². The summed E-state index contributed by atoms with van der Waals surface area (Å²) in [5, 5.41) is 0. The molecule has 1 aromatic carbocycles. The number of benzene rings is 1. The number of sulfonamides is 1. The van der Waals surface area contributed by atoms with Crippen LogP contribution in [0.1, 0.15) is 12.0 Å². The molecule has 8 heteroatoms. The lowest BCUT2D eigenvalue weighted by Crippen LogP contribution is -2.30. The molecule has 0 radical (unpaired) electrons. The number of hydrogen-bond donors (Lipinski definition) is 1. The average Bonchev–Trinajstić information content (AvgIpc) is 2.42. The molecular formula is C13H15F3N2O2S. The Balaban J connectivity index is 2.97. The van der Waals surface area contributed by atoms with Crippen molar-refractivity contribution in [1.29, 1.82) is 0 Å². The van der Waals surface area contributed by atoms with Gasteiger partial charge in [-0.2, -0.15) is 13.2 Å². The van der Waals surface area contributed by atoms with Gasteiger partial charge in [-0.1, -0.05) is 17.9 Å². The van der Waals surface area contributed by atoms with Gasteiger partial charge in [0.2, 0.25) is 10.0 Å². The Morgan fingerprint density at radius 3 is 2.57 bits per heavy atom. The molecule has 0 heterocycles. The van der Waals surface area contributed by atoms with Crippen LogP contribution in [0.5, 0.6) is 0 Å². The van der Waals surface area contributed by atoms with Crippen LogP contribution in [0, 0.1) is 11.8 Å². The number of alkyl halides is 3. The molecule has 0 bridgehead atoms. The van der Waals surface area contributed by atoms with Gasteiger partial charge in [0, 0.05) is 19.2 Å². The Labute approximate surface area is 121 Å². The summed E-state index contributed by atoms with van der Waals surface area (Å²) in [7, 11) is -2.86. The fraction of sp³-hybridized carbons (Fsp3) is 0.385. The summed E-state index contributed by atoms with van der Waals surface area (Å²) in [6.45, 7) is -0.507. The number of nitrogens with zero attached hydrogens (tertiary/aromatic N) is 1. The zero-order valence-electron chi connectivity index (χ0n) is 11.3. The molecule has 0 aliphatic carbocycles. The molecule has 0 fully saturated rings. The summed E-state index contributed by atoms with van der Waals surface area (Å²) < 4.78 is 61.5. The maximum absolute atomic E-state index is 12.2. The third-order valence-corrected chi connectivity index (χ3v) is 4.44. The van der Waals surface area contributed by atoms with E-state index in [0.29, 0.717) is 9.87 Å². The van der Waals surface area contributed by atoms with Crippen molar-refractivity contribution in [3.05, 3.63) is 29.8 Å². The van der Waals surface area contributed by atoms with Gasteiger partial charge in [-0.25, -0.2) is 12.7 Å². The van der Waals surface area contributed by atoms with Gasteiger partial charge in [0.15, 0.2) is 0 Å². The van der Waals surface area contributed by atoms with Crippen molar-refractivity contribution in [1.82, 2.24) is 4.31 Å². The molecule has 0 unspecified atom stereocenters. The molecule has 2 N–H and O–H groups in total. The molecule has 0 spiro atoms. The van der Waals surface area contributed by atoms with Gasteiger partial charge in [-0.05, 0) is 18.2 Å². The summed E-state index contributed by atoms with van der Waals surface area (Å²) in [6.07, 6.45) is -5.60. The lowest BCUT2D eigenvalue weighted by molar-refractivity contribution is -0.135. The quantitative estimate of drug-likeness (QED) is 0.857. The zero-order valence-corrected chi connectivity index (χ0v) is 12.1. The van der Waals surface area contributed by atoms with Crippen LogP contribution in [0.4, 0.5) is 13.2 Å². The molecule has 0 amide bonds. The molecule has 4 nitrogen and oxygen atoms in total. The van der Waals surface area contributed by atoms with E-state index in [9.17, 15) is 21.6 Å². The minimum absolute atomic E-state index is 0.101. The molecule has 0 aliphatic rings. The molecular weight excluding hydrogens is 305 g/mol. The molecule has 0 aliphatic heterocycles. The van der Waals surface area contributed by atoms with Gasteiger partial charge in [-0.15, -0.1) is 0 Å². The predicted molar refractivity (Wildman–Crippen MR) is 72.9 cm³/mol.